The molecule has 0 radical (unpaired) electrons. The Bertz CT molecular complexity index is 192. The lowest BCUT2D eigenvalue weighted by atomic mass is 9.95. The zero-order valence-electron chi connectivity index (χ0n) is 7.66. The van der Waals surface area contributed by atoms with Crippen LogP contribution in [-0.4, -0.2) is 18.9 Å². The molecule has 0 N–H and O–H groups in total. The Kier molecular flexibility index (Phi) is 4.26. The van der Waals surface area contributed by atoms with Gasteiger partial charge in [-0.3, -0.25) is 0 Å². The Morgan fingerprint density at radius 2 is 2.08 bits per heavy atom. The summed E-state index contributed by atoms with van der Waals surface area (Å²) in [5.74, 6) is -0.410. The van der Waals surface area contributed by atoms with E-state index in [4.69, 9.17) is 0 Å². The van der Waals surface area contributed by atoms with Gasteiger partial charge in [-0.15, -0.1) is 0 Å². The van der Waals surface area contributed by atoms with Crippen molar-refractivity contribution in [3.05, 3.63) is 12.2 Å². The lowest BCUT2D eigenvalue weighted by Crippen LogP contribution is -2.10. The van der Waals surface area contributed by atoms with Crippen molar-refractivity contribution in [2.45, 2.75) is 20.8 Å². The van der Waals surface area contributed by atoms with Crippen molar-refractivity contribution >= 4 is 12.3 Å². The number of ether oxygens (including phenoxy) is 1. The Hall–Kier alpha value is -1.12. The molecule has 0 aromatic carbocycles. The van der Waals surface area contributed by atoms with E-state index in [-0.39, 0.29) is 0 Å². The topological polar surface area (TPSA) is 43.4 Å². The fourth-order valence-corrected chi connectivity index (χ4v) is 0.512. The van der Waals surface area contributed by atoms with Gasteiger partial charge in [-0.05, 0) is 20.8 Å². The van der Waals surface area contributed by atoms with Crippen LogP contribution in [-0.2, 0) is 14.3 Å². The molecule has 0 fully saturated rings. The smallest absolute Gasteiger partial charge is 0.330 e. The van der Waals surface area contributed by atoms with Crippen LogP contribution in [0, 0.1) is 5.41 Å². The maximum atomic E-state index is 10.8. The summed E-state index contributed by atoms with van der Waals surface area (Å²) in [6, 6.07) is 0. The maximum Gasteiger partial charge on any atom is 0.330 e. The highest BCUT2D eigenvalue weighted by Gasteiger charge is 2.11. The van der Waals surface area contributed by atoms with Crippen LogP contribution in [0.4, 0.5) is 0 Å². The van der Waals surface area contributed by atoms with Crippen molar-refractivity contribution in [3.8, 4) is 0 Å². The molecule has 0 heterocycles. The second kappa shape index (κ2) is 4.70. The number of aldehydes is 1. The zero-order chi connectivity index (χ0) is 9.61. The first kappa shape index (κ1) is 10.9. The van der Waals surface area contributed by atoms with Crippen molar-refractivity contribution < 1.29 is 14.3 Å². The summed E-state index contributed by atoms with van der Waals surface area (Å²) in [5.41, 5.74) is -0.591. The third-order valence-corrected chi connectivity index (χ3v) is 1.24. The van der Waals surface area contributed by atoms with Crippen LogP contribution in [0.25, 0.3) is 0 Å². The molecule has 0 bridgehead atoms. The molecule has 0 aromatic heterocycles. The van der Waals surface area contributed by atoms with Gasteiger partial charge in [0.05, 0.1) is 6.61 Å². The lowest BCUT2D eigenvalue weighted by molar-refractivity contribution is -0.137. The third kappa shape index (κ3) is 4.66. The lowest BCUT2D eigenvalue weighted by Gasteiger charge is -2.08. The predicted molar refractivity (Wildman–Crippen MR) is 45.6 cm³/mol. The molecule has 3 nitrogen and oxygen atoms in total. The summed E-state index contributed by atoms with van der Waals surface area (Å²) in [7, 11) is 0. The van der Waals surface area contributed by atoms with Gasteiger partial charge in [0.15, 0.2) is 0 Å². The van der Waals surface area contributed by atoms with E-state index in [0.717, 1.165) is 6.29 Å². The number of esters is 1. The van der Waals surface area contributed by atoms with E-state index in [0.29, 0.717) is 6.61 Å². The van der Waals surface area contributed by atoms with Crippen LogP contribution in [0.3, 0.4) is 0 Å². The Labute approximate surface area is 72.4 Å². The molecule has 0 aromatic rings. The highest BCUT2D eigenvalue weighted by molar-refractivity contribution is 5.82. The number of rotatable bonds is 4. The van der Waals surface area contributed by atoms with Gasteiger partial charge in [-0.2, -0.15) is 0 Å². The van der Waals surface area contributed by atoms with E-state index in [1.165, 1.54) is 12.2 Å². The van der Waals surface area contributed by atoms with Gasteiger partial charge in [0.1, 0.15) is 6.29 Å². The molecule has 0 aliphatic carbocycles. The Balaban J connectivity index is 4.05. The van der Waals surface area contributed by atoms with Gasteiger partial charge in [0.2, 0.25) is 0 Å². The van der Waals surface area contributed by atoms with Crippen LogP contribution < -0.4 is 0 Å². The highest BCUT2D eigenvalue weighted by Crippen LogP contribution is 2.12. The molecule has 0 amide bonds. The average molecular weight is 170 g/mol. The van der Waals surface area contributed by atoms with Crippen LogP contribution in [0.15, 0.2) is 12.2 Å². The Morgan fingerprint density at radius 1 is 1.50 bits per heavy atom. The summed E-state index contributed by atoms with van der Waals surface area (Å²) >= 11 is 0. The molecule has 12 heavy (non-hydrogen) atoms. The monoisotopic (exact) mass is 170 g/mol. The van der Waals surface area contributed by atoms with Crippen LogP contribution in [0.1, 0.15) is 20.8 Å². The van der Waals surface area contributed by atoms with Crippen molar-refractivity contribution in [1.82, 2.24) is 0 Å². The quantitative estimate of drug-likeness (QED) is 0.363. The molecule has 0 saturated carbocycles. The molecule has 0 saturated heterocycles. The van der Waals surface area contributed by atoms with Gasteiger partial charge < -0.3 is 9.53 Å². The van der Waals surface area contributed by atoms with Gasteiger partial charge in [-0.25, -0.2) is 4.79 Å². The molecule has 68 valence electrons. The van der Waals surface area contributed by atoms with E-state index < -0.39 is 11.4 Å². The first-order valence-electron chi connectivity index (χ1n) is 3.84. The van der Waals surface area contributed by atoms with Crippen molar-refractivity contribution in [2.75, 3.05) is 6.61 Å². The number of allylic oxidation sites excluding steroid dienone is 1. The second-order valence-electron chi connectivity index (χ2n) is 3.02. The van der Waals surface area contributed by atoms with E-state index in [9.17, 15) is 9.59 Å². The van der Waals surface area contributed by atoms with Crippen LogP contribution in [0.2, 0.25) is 0 Å². The number of hydrogen-bond acceptors (Lipinski definition) is 3. The summed E-state index contributed by atoms with van der Waals surface area (Å²) in [6.45, 7) is 5.52. The zero-order valence-corrected chi connectivity index (χ0v) is 7.66. The summed E-state index contributed by atoms with van der Waals surface area (Å²) < 4.78 is 4.64. The standard InChI is InChI=1S/C9H14O3/c1-4-12-8(11)5-6-9(2,3)7-10/h5-7H,4H2,1-3H3/b6-5+. The molecule has 0 aliphatic heterocycles. The predicted octanol–water partition coefficient (Wildman–Crippen LogP) is 1.33. The van der Waals surface area contributed by atoms with Crippen molar-refractivity contribution in [2.24, 2.45) is 5.41 Å². The number of carbonyl (C=O) groups excluding carboxylic acids is 2. The number of carbonyl (C=O) groups is 2. The third-order valence-electron chi connectivity index (χ3n) is 1.24. The minimum Gasteiger partial charge on any atom is -0.463 e. The molecule has 0 rings (SSSR count). The van der Waals surface area contributed by atoms with Crippen molar-refractivity contribution in [3.63, 3.8) is 0 Å². The van der Waals surface area contributed by atoms with Gasteiger partial charge in [0.25, 0.3) is 0 Å². The minimum atomic E-state index is -0.591. The first-order chi connectivity index (χ1) is 5.52. The van der Waals surface area contributed by atoms with E-state index in [2.05, 4.69) is 4.74 Å². The number of hydrogen-bond donors (Lipinski definition) is 0. The Morgan fingerprint density at radius 3 is 2.50 bits per heavy atom. The van der Waals surface area contributed by atoms with Gasteiger partial charge in [-0.1, -0.05) is 6.08 Å². The van der Waals surface area contributed by atoms with E-state index in [1.807, 2.05) is 0 Å². The molecule has 3 heteroatoms. The van der Waals surface area contributed by atoms with Crippen LogP contribution >= 0.6 is 0 Å². The van der Waals surface area contributed by atoms with Gasteiger partial charge >= 0.3 is 5.97 Å². The SMILES string of the molecule is CCOC(=O)/C=C/C(C)(C)C=O. The molecule has 0 aliphatic rings. The van der Waals surface area contributed by atoms with Gasteiger partial charge in [0, 0.05) is 11.5 Å². The average Bonchev–Trinajstić information content (AvgIpc) is 2.02. The maximum absolute atomic E-state index is 10.8. The highest BCUT2D eigenvalue weighted by atomic mass is 16.5. The molecular formula is C9H14O3. The van der Waals surface area contributed by atoms with E-state index >= 15 is 0 Å². The van der Waals surface area contributed by atoms with E-state index in [1.54, 1.807) is 20.8 Å². The van der Waals surface area contributed by atoms with Crippen LogP contribution in [0.5, 0.6) is 0 Å². The minimum absolute atomic E-state index is 0.352. The fourth-order valence-electron chi connectivity index (χ4n) is 0.512. The van der Waals surface area contributed by atoms with Crippen molar-refractivity contribution in [1.29, 1.82) is 0 Å². The fraction of sp³-hybridized carbons (Fsp3) is 0.556. The molecule has 0 atom stereocenters. The molecule has 0 spiro atoms. The molecule has 0 unspecified atom stereocenters. The summed E-state index contributed by atoms with van der Waals surface area (Å²) in [5, 5.41) is 0. The summed E-state index contributed by atoms with van der Waals surface area (Å²) in [6.07, 6.45) is 3.58. The molecular weight excluding hydrogens is 156 g/mol. The summed E-state index contributed by atoms with van der Waals surface area (Å²) in [4.78, 5) is 21.2. The second-order valence-corrected chi connectivity index (χ2v) is 3.02. The first-order valence-corrected chi connectivity index (χ1v) is 3.84. The normalized spacial score (nSPS) is 11.6. The largest absolute Gasteiger partial charge is 0.463 e.